The lowest BCUT2D eigenvalue weighted by molar-refractivity contribution is -0.120. The summed E-state index contributed by atoms with van der Waals surface area (Å²) in [5, 5.41) is 13.4. The van der Waals surface area contributed by atoms with Crippen LogP contribution in [0.25, 0.3) is 5.70 Å². The second kappa shape index (κ2) is 21.3. The lowest BCUT2D eigenvalue weighted by Gasteiger charge is -2.34. The van der Waals surface area contributed by atoms with Crippen LogP contribution in [0.5, 0.6) is 11.5 Å². The molecule has 0 saturated carbocycles. The number of hydrogen-bond acceptors (Lipinski definition) is 9. The number of carbonyl (C=O) groups is 3. The van der Waals surface area contributed by atoms with Crippen molar-refractivity contribution in [1.82, 2.24) is 24.9 Å². The number of hydrogen-bond donors (Lipinski definition) is 2. The van der Waals surface area contributed by atoms with Crippen LogP contribution in [0.3, 0.4) is 0 Å². The van der Waals surface area contributed by atoms with Crippen molar-refractivity contribution in [3.05, 3.63) is 149 Å². The standard InChI is InChI=1S/C50H59N5O7/c1-4-42(20-21-46(57)51-3)55-36(2)43-13-9-15-45(48(43)50(55)59)62-31-30-61-29-28-60-27-26-52-22-24-53(25-23-52)33-38-17-19-40-34-54(35-41(40)32-38)49(58)47-39(12-8-14-44(47)56)18-16-37-10-6-5-7-11-37/h4-15,17,19,32,42,56H,1-2,16,18,20-31,33-35H2,3H3,(H,51,57). The van der Waals surface area contributed by atoms with E-state index in [0.29, 0.717) is 80.5 Å². The molecule has 1 unspecified atom stereocenters. The Morgan fingerprint density at radius 1 is 0.823 bits per heavy atom. The number of fused-ring (bicyclic) bond motifs is 2. The average molecular weight is 842 g/mol. The van der Waals surface area contributed by atoms with Crippen LogP contribution >= 0.6 is 0 Å². The third kappa shape index (κ3) is 10.8. The van der Waals surface area contributed by atoms with Crippen LogP contribution < -0.4 is 10.1 Å². The molecule has 3 aliphatic rings. The lowest BCUT2D eigenvalue weighted by Crippen LogP contribution is -2.46. The van der Waals surface area contributed by atoms with Gasteiger partial charge in [-0.1, -0.05) is 85.5 Å². The van der Waals surface area contributed by atoms with Crippen LogP contribution in [0.2, 0.25) is 0 Å². The minimum Gasteiger partial charge on any atom is -0.507 e. The Labute approximate surface area is 365 Å². The van der Waals surface area contributed by atoms with Crippen LogP contribution in [0.1, 0.15) is 66.9 Å². The fraction of sp³-hybridized carbons (Fsp3) is 0.380. The van der Waals surface area contributed by atoms with Gasteiger partial charge in [-0.25, -0.2) is 0 Å². The predicted octanol–water partition coefficient (Wildman–Crippen LogP) is 6.07. The first-order chi connectivity index (χ1) is 30.2. The van der Waals surface area contributed by atoms with E-state index < -0.39 is 0 Å². The lowest BCUT2D eigenvalue weighted by atomic mass is 9.98. The fourth-order valence-electron chi connectivity index (χ4n) is 8.56. The first-order valence-corrected chi connectivity index (χ1v) is 21.7. The highest BCUT2D eigenvalue weighted by molar-refractivity contribution is 6.11. The molecule has 1 fully saturated rings. The highest BCUT2D eigenvalue weighted by atomic mass is 16.5. The summed E-state index contributed by atoms with van der Waals surface area (Å²) in [7, 11) is 1.59. The molecule has 2 N–H and O–H groups in total. The molecule has 3 amide bonds. The molecule has 0 aromatic heterocycles. The number of aryl methyl sites for hydroxylation is 2. The van der Waals surface area contributed by atoms with E-state index in [4.69, 9.17) is 14.2 Å². The maximum absolute atomic E-state index is 13.8. The molecular weight excluding hydrogens is 783 g/mol. The van der Waals surface area contributed by atoms with Gasteiger partial charge in [-0.15, -0.1) is 6.58 Å². The van der Waals surface area contributed by atoms with Gasteiger partial charge in [-0.3, -0.25) is 24.2 Å². The van der Waals surface area contributed by atoms with Crippen LogP contribution in [0, 0.1) is 0 Å². The Morgan fingerprint density at radius 3 is 2.32 bits per heavy atom. The van der Waals surface area contributed by atoms with E-state index in [-0.39, 0.29) is 42.5 Å². The maximum atomic E-state index is 13.8. The molecule has 0 spiro atoms. The molecule has 7 rings (SSSR count). The minimum atomic E-state index is -0.361. The maximum Gasteiger partial charge on any atom is 0.263 e. The average Bonchev–Trinajstić information content (AvgIpc) is 3.83. The molecule has 0 radical (unpaired) electrons. The molecule has 12 heteroatoms. The van der Waals surface area contributed by atoms with Gasteiger partial charge in [0.2, 0.25) is 5.91 Å². The second-order valence-corrected chi connectivity index (χ2v) is 16.1. The van der Waals surface area contributed by atoms with Gasteiger partial charge in [-0.2, -0.15) is 0 Å². The molecule has 12 nitrogen and oxygen atoms in total. The van der Waals surface area contributed by atoms with Crippen molar-refractivity contribution in [3.8, 4) is 11.5 Å². The van der Waals surface area contributed by atoms with E-state index in [2.05, 4.69) is 58.6 Å². The van der Waals surface area contributed by atoms with E-state index in [0.717, 1.165) is 56.8 Å². The van der Waals surface area contributed by atoms with Crippen molar-refractivity contribution in [1.29, 1.82) is 0 Å². The summed E-state index contributed by atoms with van der Waals surface area (Å²) in [5.74, 6) is 0.0908. The molecule has 4 aromatic carbocycles. The molecule has 0 aliphatic carbocycles. The first-order valence-electron chi connectivity index (χ1n) is 21.7. The summed E-state index contributed by atoms with van der Waals surface area (Å²) in [5.41, 5.74) is 7.83. The van der Waals surface area contributed by atoms with E-state index in [1.54, 1.807) is 30.2 Å². The van der Waals surface area contributed by atoms with E-state index in [1.807, 2.05) is 47.4 Å². The van der Waals surface area contributed by atoms with Crippen molar-refractivity contribution in [3.63, 3.8) is 0 Å². The number of nitrogens with zero attached hydrogens (tertiary/aromatic N) is 4. The summed E-state index contributed by atoms with van der Waals surface area (Å²) in [6.07, 6.45) is 3.87. The Kier molecular flexibility index (Phi) is 15.2. The van der Waals surface area contributed by atoms with Gasteiger partial charge in [0.25, 0.3) is 11.8 Å². The topological polar surface area (TPSA) is 124 Å². The van der Waals surface area contributed by atoms with E-state index in [9.17, 15) is 19.5 Å². The molecule has 1 atom stereocenters. The normalized spacial score (nSPS) is 15.7. The van der Waals surface area contributed by atoms with Crippen molar-refractivity contribution in [2.75, 3.05) is 72.8 Å². The quantitative estimate of drug-likeness (QED) is 0.0761. The van der Waals surface area contributed by atoms with Crippen LogP contribution in [-0.2, 0) is 46.7 Å². The molecular formula is C50H59N5O7. The number of carbonyl (C=O) groups excluding carboxylic acids is 3. The van der Waals surface area contributed by atoms with E-state index in [1.165, 1.54) is 16.7 Å². The summed E-state index contributed by atoms with van der Waals surface area (Å²) >= 11 is 0. The number of rotatable bonds is 21. The zero-order valence-corrected chi connectivity index (χ0v) is 35.9. The summed E-state index contributed by atoms with van der Waals surface area (Å²) < 4.78 is 17.6. The highest BCUT2D eigenvalue weighted by Gasteiger charge is 2.37. The van der Waals surface area contributed by atoms with Gasteiger partial charge in [0, 0.05) is 77.1 Å². The third-order valence-electron chi connectivity index (χ3n) is 12.0. The molecule has 4 aromatic rings. The van der Waals surface area contributed by atoms with Crippen LogP contribution in [-0.4, -0.2) is 121 Å². The van der Waals surface area contributed by atoms with Gasteiger partial charge in [0.15, 0.2) is 0 Å². The number of ether oxygens (including phenoxy) is 3. The zero-order chi connectivity index (χ0) is 43.4. The van der Waals surface area contributed by atoms with E-state index >= 15 is 0 Å². The highest BCUT2D eigenvalue weighted by Crippen LogP contribution is 2.39. The van der Waals surface area contributed by atoms with Gasteiger partial charge < -0.3 is 34.4 Å². The SMILES string of the molecule is C=CC(CCC(=O)NC)N1C(=C)c2cccc(OCCOCCOCCN3CCN(Cc4ccc5c(c4)CN(C(=O)c4c(O)cccc4CCc4ccccc4)C5)CC3)c2C1=O. The molecule has 3 aliphatic heterocycles. The number of piperazine rings is 1. The molecule has 0 bridgehead atoms. The van der Waals surface area contributed by atoms with Gasteiger partial charge in [-0.05, 0) is 59.2 Å². The Hall–Kier alpha value is -5.79. The Morgan fingerprint density at radius 2 is 1.55 bits per heavy atom. The smallest absolute Gasteiger partial charge is 0.263 e. The molecule has 326 valence electrons. The van der Waals surface area contributed by atoms with Crippen LogP contribution in [0.4, 0.5) is 0 Å². The van der Waals surface area contributed by atoms with Crippen molar-refractivity contribution < 1.29 is 33.7 Å². The predicted molar refractivity (Wildman–Crippen MR) is 240 cm³/mol. The van der Waals surface area contributed by atoms with Crippen molar-refractivity contribution in [2.45, 2.75) is 51.4 Å². The fourth-order valence-corrected chi connectivity index (χ4v) is 8.56. The minimum absolute atomic E-state index is 0.0410. The Bertz CT molecular complexity index is 2220. The second-order valence-electron chi connectivity index (χ2n) is 16.1. The monoisotopic (exact) mass is 841 g/mol. The number of benzene rings is 4. The summed E-state index contributed by atoms with van der Waals surface area (Å²) in [4.78, 5) is 47.5. The number of amides is 3. The largest absolute Gasteiger partial charge is 0.507 e. The number of aromatic hydroxyl groups is 1. The zero-order valence-electron chi connectivity index (χ0n) is 35.9. The number of nitrogens with one attached hydrogen (secondary N) is 1. The van der Waals surface area contributed by atoms with Crippen molar-refractivity contribution in [2.24, 2.45) is 0 Å². The Balaban J connectivity index is 0.771. The van der Waals surface area contributed by atoms with Gasteiger partial charge in [0.1, 0.15) is 18.1 Å². The first kappa shape index (κ1) is 44.3. The molecule has 62 heavy (non-hydrogen) atoms. The number of phenolic OH excluding ortho intramolecular Hbond substituents is 1. The molecule has 1 saturated heterocycles. The van der Waals surface area contributed by atoms with Gasteiger partial charge >= 0.3 is 0 Å². The summed E-state index contributed by atoms with van der Waals surface area (Å²) in [6.45, 7) is 16.9. The molecule has 3 heterocycles. The van der Waals surface area contributed by atoms with Gasteiger partial charge in [0.05, 0.1) is 43.6 Å². The third-order valence-corrected chi connectivity index (χ3v) is 12.0. The number of phenols is 1. The van der Waals surface area contributed by atoms with Crippen molar-refractivity contribution >= 4 is 23.4 Å². The summed E-state index contributed by atoms with van der Waals surface area (Å²) in [6, 6.07) is 27.3. The van der Waals surface area contributed by atoms with Crippen LogP contribution in [0.15, 0.2) is 104 Å².